The molecule has 1 aliphatic carbocycles. The number of benzene rings is 2. The second-order valence-corrected chi connectivity index (χ2v) is 20.2. The van der Waals surface area contributed by atoms with Crippen LogP contribution in [0.15, 0.2) is 67.3 Å². The number of methoxy groups -OCH3 is 1. The zero-order valence-corrected chi connectivity index (χ0v) is 35.9. The highest BCUT2D eigenvalue weighted by atomic mass is 32.2. The van der Waals surface area contributed by atoms with E-state index in [9.17, 15) is 27.6 Å². The molecule has 2 fully saturated rings. The normalized spacial score (nSPS) is 21.4. The molecule has 15 heteroatoms. The van der Waals surface area contributed by atoms with Crippen molar-refractivity contribution in [2.45, 2.75) is 104 Å². The first-order valence-electron chi connectivity index (χ1n) is 19.3. The van der Waals surface area contributed by atoms with Gasteiger partial charge in [0.25, 0.3) is 5.91 Å². The first-order valence-corrected chi connectivity index (χ1v) is 21.0. The summed E-state index contributed by atoms with van der Waals surface area (Å²) < 4.78 is 45.9. The van der Waals surface area contributed by atoms with Gasteiger partial charge >= 0.3 is 6.09 Å². The summed E-state index contributed by atoms with van der Waals surface area (Å²) in [4.78, 5) is 62.3. The molecule has 0 bridgehead atoms. The molecule has 58 heavy (non-hydrogen) atoms. The Morgan fingerprint density at radius 3 is 2.24 bits per heavy atom. The highest BCUT2D eigenvalue weighted by molar-refractivity contribution is 7.90. The highest BCUT2D eigenvalue weighted by Crippen LogP contribution is 2.45. The van der Waals surface area contributed by atoms with Gasteiger partial charge in [0.2, 0.25) is 21.8 Å². The molecule has 314 valence electrons. The minimum atomic E-state index is -4.07. The number of hydrogen-bond donors (Lipinski definition) is 3. The number of hydrogen-bond acceptors (Lipinski definition) is 10. The number of ether oxygens (including phenoxy) is 3. The summed E-state index contributed by atoms with van der Waals surface area (Å²) in [6, 6.07) is 14.4. The largest absolute Gasteiger partial charge is 0.497 e. The van der Waals surface area contributed by atoms with Crippen LogP contribution in [0.3, 0.4) is 0 Å². The number of rotatable bonds is 12. The number of nitrogens with one attached hydrogen (secondary N) is 3. The van der Waals surface area contributed by atoms with E-state index >= 15 is 0 Å². The molecule has 14 nitrogen and oxygen atoms in total. The molecule has 1 saturated heterocycles. The summed E-state index contributed by atoms with van der Waals surface area (Å²) in [5.74, 6) is -1.97. The van der Waals surface area contributed by atoms with Crippen LogP contribution in [-0.4, -0.2) is 90.9 Å². The fourth-order valence-corrected chi connectivity index (χ4v) is 8.80. The SMILES string of the molecule is C=C[C@@H]1C[C@]1(NC(=O)[C@@H]1C[C@@H](Oc2cc(-c3ccccc3)nc3cc(OC)ccc23)CN1C(=O)[C@@H](NC(=O)OC(C)(C)C)C(C)(C)C)C(=O)NS(=O)(=O)CC(C)(C)C. The number of sulfonamides is 1. The van der Waals surface area contributed by atoms with E-state index in [1.807, 2.05) is 42.5 Å². The predicted molar refractivity (Wildman–Crippen MR) is 221 cm³/mol. The average molecular weight is 820 g/mol. The quantitative estimate of drug-likeness (QED) is 0.190. The molecule has 3 N–H and O–H groups in total. The van der Waals surface area contributed by atoms with Crippen LogP contribution in [0.5, 0.6) is 11.5 Å². The van der Waals surface area contributed by atoms with Crippen molar-refractivity contribution >= 4 is 44.7 Å². The topological polar surface area (TPSA) is 182 Å². The van der Waals surface area contributed by atoms with Gasteiger partial charge in [0.1, 0.15) is 40.8 Å². The maximum Gasteiger partial charge on any atom is 0.408 e. The molecule has 0 radical (unpaired) electrons. The molecule has 2 aromatic carbocycles. The van der Waals surface area contributed by atoms with E-state index in [0.717, 1.165) is 5.56 Å². The molecule has 5 rings (SSSR count). The fourth-order valence-electron chi connectivity index (χ4n) is 7.13. The van der Waals surface area contributed by atoms with Crippen LogP contribution in [0.25, 0.3) is 22.2 Å². The van der Waals surface area contributed by atoms with E-state index in [1.54, 1.807) is 81.6 Å². The lowest BCUT2D eigenvalue weighted by Gasteiger charge is -2.36. The number of carbonyl (C=O) groups excluding carboxylic acids is 4. The zero-order chi connectivity index (χ0) is 43.0. The van der Waals surface area contributed by atoms with E-state index in [2.05, 4.69) is 21.9 Å². The van der Waals surface area contributed by atoms with Gasteiger partial charge in [-0.2, -0.15) is 0 Å². The molecule has 0 unspecified atom stereocenters. The Kier molecular flexibility index (Phi) is 12.3. The number of amides is 4. The van der Waals surface area contributed by atoms with Crippen molar-refractivity contribution in [1.82, 2.24) is 25.2 Å². The van der Waals surface area contributed by atoms with E-state index in [-0.39, 0.29) is 25.1 Å². The van der Waals surface area contributed by atoms with Gasteiger partial charge in [0.05, 0.1) is 30.6 Å². The van der Waals surface area contributed by atoms with E-state index < -0.39 is 79.9 Å². The van der Waals surface area contributed by atoms with Crippen molar-refractivity contribution in [2.75, 3.05) is 19.4 Å². The average Bonchev–Trinajstić information content (AvgIpc) is 3.66. The standard InChI is InChI=1S/C43H57N5O9S/c1-12-27-23-43(27,38(51)47-58(53,54)25-40(2,3)4)46-36(49)33-21-29(24-48(33)37(50)35(41(5,6)7)45-39(52)57-42(8,9)10)56-34-22-31(26-16-14-13-15-17-26)44-32-20-28(55-11)18-19-30(32)34/h12-20,22,27,29,33,35H,1,21,23-25H2,2-11H3,(H,45,52)(H,46,49)(H,47,51)/t27-,29-,33+,35-,43-/m1/s1. The third-order valence-electron chi connectivity index (χ3n) is 9.89. The predicted octanol–water partition coefficient (Wildman–Crippen LogP) is 5.75. The smallest absolute Gasteiger partial charge is 0.408 e. The fraction of sp³-hybridized carbons (Fsp3) is 0.512. The number of nitrogens with zero attached hydrogens (tertiary/aromatic N) is 2. The van der Waals surface area contributed by atoms with Gasteiger partial charge in [-0.15, -0.1) is 6.58 Å². The van der Waals surface area contributed by atoms with E-state index in [4.69, 9.17) is 19.2 Å². The molecule has 3 aromatic rings. The zero-order valence-electron chi connectivity index (χ0n) is 35.1. The minimum Gasteiger partial charge on any atom is -0.497 e. The molecular formula is C43H57N5O9S. The molecule has 4 amide bonds. The maximum atomic E-state index is 14.7. The van der Waals surface area contributed by atoms with Crippen LogP contribution >= 0.6 is 0 Å². The van der Waals surface area contributed by atoms with Gasteiger partial charge in [-0.05, 0) is 50.2 Å². The lowest BCUT2D eigenvalue weighted by atomic mass is 9.85. The Morgan fingerprint density at radius 1 is 1.00 bits per heavy atom. The summed E-state index contributed by atoms with van der Waals surface area (Å²) in [5.41, 5.74) is -1.87. The summed E-state index contributed by atoms with van der Waals surface area (Å²) in [7, 11) is -2.50. The number of carbonyl (C=O) groups is 4. The van der Waals surface area contributed by atoms with Crippen LogP contribution < -0.4 is 24.8 Å². The van der Waals surface area contributed by atoms with Crippen molar-refractivity contribution in [3.8, 4) is 22.8 Å². The second-order valence-electron chi connectivity index (χ2n) is 18.4. The number of likely N-dealkylation sites (tertiary alicyclic amines) is 1. The van der Waals surface area contributed by atoms with Gasteiger partial charge in [0, 0.05) is 35.4 Å². The van der Waals surface area contributed by atoms with Gasteiger partial charge < -0.3 is 29.7 Å². The summed E-state index contributed by atoms with van der Waals surface area (Å²) >= 11 is 0. The van der Waals surface area contributed by atoms with E-state index in [0.29, 0.717) is 28.1 Å². The van der Waals surface area contributed by atoms with Crippen molar-refractivity contribution in [2.24, 2.45) is 16.7 Å². The Morgan fingerprint density at radius 2 is 1.67 bits per heavy atom. The van der Waals surface area contributed by atoms with Crippen LogP contribution in [0.4, 0.5) is 4.79 Å². The Hall–Kier alpha value is -5.18. The Balaban J connectivity index is 1.52. The number of fused-ring (bicyclic) bond motifs is 1. The molecule has 5 atom stereocenters. The summed E-state index contributed by atoms with van der Waals surface area (Å²) in [6.45, 7) is 19.4. The molecule has 2 heterocycles. The van der Waals surface area contributed by atoms with Gasteiger partial charge in [-0.1, -0.05) is 78.0 Å². The van der Waals surface area contributed by atoms with Crippen molar-refractivity contribution in [1.29, 1.82) is 0 Å². The van der Waals surface area contributed by atoms with Crippen LogP contribution in [0, 0.1) is 16.7 Å². The minimum absolute atomic E-state index is 0.000290. The maximum absolute atomic E-state index is 14.7. The van der Waals surface area contributed by atoms with Gasteiger partial charge in [-0.25, -0.2) is 18.2 Å². The Labute approximate surface area is 341 Å². The molecule has 0 spiro atoms. The van der Waals surface area contributed by atoms with Crippen LogP contribution in [-0.2, 0) is 29.1 Å². The van der Waals surface area contributed by atoms with Crippen molar-refractivity contribution < 1.29 is 41.8 Å². The molecular weight excluding hydrogens is 763 g/mol. The summed E-state index contributed by atoms with van der Waals surface area (Å²) in [6.07, 6.45) is 0.0531. The monoisotopic (exact) mass is 819 g/mol. The number of pyridine rings is 1. The molecule has 2 aliphatic rings. The molecule has 1 aromatic heterocycles. The van der Waals surface area contributed by atoms with Crippen molar-refractivity contribution in [3.63, 3.8) is 0 Å². The van der Waals surface area contributed by atoms with Crippen molar-refractivity contribution in [3.05, 3.63) is 67.3 Å². The first kappa shape index (κ1) is 43.9. The second kappa shape index (κ2) is 16.2. The molecule has 1 aliphatic heterocycles. The lowest BCUT2D eigenvalue weighted by Crippen LogP contribution is -2.60. The third kappa shape index (κ3) is 10.5. The highest BCUT2D eigenvalue weighted by Gasteiger charge is 2.61. The first-order chi connectivity index (χ1) is 26.8. The number of aromatic nitrogens is 1. The lowest BCUT2D eigenvalue weighted by molar-refractivity contribution is -0.143. The van der Waals surface area contributed by atoms with Crippen LogP contribution in [0.2, 0.25) is 0 Å². The van der Waals surface area contributed by atoms with Crippen LogP contribution in [0.1, 0.15) is 75.2 Å². The van der Waals surface area contributed by atoms with Gasteiger partial charge in [0.15, 0.2) is 0 Å². The van der Waals surface area contributed by atoms with E-state index in [1.165, 1.54) is 11.0 Å². The number of alkyl carbamates (subject to hydrolysis) is 1. The molecule has 1 saturated carbocycles. The van der Waals surface area contributed by atoms with Gasteiger partial charge in [-0.3, -0.25) is 19.1 Å². The Bertz CT molecular complexity index is 2170. The summed E-state index contributed by atoms with van der Waals surface area (Å²) in [5, 5.41) is 6.21. The third-order valence-corrected chi connectivity index (χ3v) is 11.6.